The second-order valence-electron chi connectivity index (χ2n) is 6.90. The first-order valence-electron chi connectivity index (χ1n) is 9.47. The molecule has 8 heteroatoms. The maximum atomic E-state index is 13.0. The molecule has 29 heavy (non-hydrogen) atoms. The van der Waals surface area contributed by atoms with Crippen molar-refractivity contribution in [2.24, 2.45) is 0 Å². The van der Waals surface area contributed by atoms with E-state index >= 15 is 0 Å². The van der Waals surface area contributed by atoms with Crippen molar-refractivity contribution >= 4 is 16.0 Å². The lowest BCUT2D eigenvalue weighted by Crippen LogP contribution is -2.48. The van der Waals surface area contributed by atoms with Crippen molar-refractivity contribution < 1.29 is 27.4 Å². The highest BCUT2D eigenvalue weighted by molar-refractivity contribution is 7.89. The smallest absolute Gasteiger partial charge is 0.338 e. The Balaban J connectivity index is 1.61. The van der Waals surface area contributed by atoms with E-state index in [1.165, 1.54) is 28.6 Å². The van der Waals surface area contributed by atoms with E-state index < -0.39 is 16.0 Å². The Morgan fingerprint density at radius 1 is 1.03 bits per heavy atom. The van der Waals surface area contributed by atoms with E-state index in [4.69, 9.17) is 14.2 Å². The first-order valence-corrected chi connectivity index (χ1v) is 10.9. The zero-order valence-corrected chi connectivity index (χ0v) is 17.3. The molecular weight excluding hydrogens is 394 g/mol. The molecule has 1 aliphatic heterocycles. The summed E-state index contributed by atoms with van der Waals surface area (Å²) in [6.07, 6.45) is -0.377. The Hall–Kier alpha value is -2.42. The monoisotopic (exact) mass is 419 g/mol. The summed E-state index contributed by atoms with van der Waals surface area (Å²) < 4.78 is 43.6. The number of morpholine rings is 1. The Morgan fingerprint density at radius 2 is 1.72 bits per heavy atom. The molecule has 0 N–H and O–H groups in total. The van der Waals surface area contributed by atoms with Crippen LogP contribution in [0.2, 0.25) is 0 Å². The largest absolute Gasteiger partial charge is 0.490 e. The minimum atomic E-state index is -3.72. The quantitative estimate of drug-likeness (QED) is 0.507. The molecule has 0 unspecified atom stereocenters. The molecule has 0 aliphatic carbocycles. The number of rotatable bonds is 7. The summed E-state index contributed by atoms with van der Waals surface area (Å²) in [5, 5.41) is 0. The Labute approximate surface area is 171 Å². The average Bonchev–Trinajstić information content (AvgIpc) is 2.71. The summed E-state index contributed by atoms with van der Waals surface area (Å²) in [6, 6.07) is 15.1. The number of nitrogens with zero attached hydrogens (tertiary/aromatic N) is 1. The van der Waals surface area contributed by atoms with Crippen molar-refractivity contribution in [2.45, 2.75) is 31.0 Å². The van der Waals surface area contributed by atoms with E-state index in [1.54, 1.807) is 0 Å². The minimum Gasteiger partial charge on any atom is -0.490 e. The van der Waals surface area contributed by atoms with E-state index in [1.807, 2.05) is 44.2 Å². The fourth-order valence-corrected chi connectivity index (χ4v) is 4.79. The van der Waals surface area contributed by atoms with Gasteiger partial charge in [-0.05, 0) is 44.2 Å². The van der Waals surface area contributed by atoms with Gasteiger partial charge < -0.3 is 14.2 Å². The normalized spacial score (nSPS) is 20.2. The number of hydrogen-bond acceptors (Lipinski definition) is 6. The first-order chi connectivity index (χ1) is 13.9. The molecule has 0 spiro atoms. The lowest BCUT2D eigenvalue weighted by molar-refractivity contribution is -0.0440. The zero-order valence-electron chi connectivity index (χ0n) is 16.5. The molecule has 0 aromatic heterocycles. The third-order valence-corrected chi connectivity index (χ3v) is 6.25. The van der Waals surface area contributed by atoms with Crippen LogP contribution in [0.5, 0.6) is 5.75 Å². The predicted molar refractivity (Wildman–Crippen MR) is 107 cm³/mol. The molecule has 0 bridgehead atoms. The van der Waals surface area contributed by atoms with Gasteiger partial charge in [0.2, 0.25) is 10.0 Å². The van der Waals surface area contributed by atoms with Gasteiger partial charge in [0.25, 0.3) is 0 Å². The summed E-state index contributed by atoms with van der Waals surface area (Å²) in [7, 11) is -3.72. The van der Waals surface area contributed by atoms with E-state index in [-0.39, 0.29) is 49.0 Å². The van der Waals surface area contributed by atoms with Crippen LogP contribution in [0.3, 0.4) is 0 Å². The van der Waals surface area contributed by atoms with Crippen LogP contribution in [0.15, 0.2) is 59.5 Å². The Morgan fingerprint density at radius 3 is 2.41 bits per heavy atom. The number of esters is 1. The molecule has 2 aromatic carbocycles. The summed E-state index contributed by atoms with van der Waals surface area (Å²) >= 11 is 0. The fraction of sp³-hybridized carbons (Fsp3) is 0.381. The van der Waals surface area contributed by atoms with E-state index in [2.05, 4.69) is 0 Å². The Bertz CT molecular complexity index is 921. The molecule has 0 amide bonds. The third kappa shape index (κ3) is 5.56. The van der Waals surface area contributed by atoms with Crippen LogP contribution in [0.4, 0.5) is 0 Å². The van der Waals surface area contributed by atoms with E-state index in [0.717, 1.165) is 0 Å². The molecule has 7 nitrogen and oxygen atoms in total. The van der Waals surface area contributed by atoms with Gasteiger partial charge in [-0.2, -0.15) is 4.31 Å². The van der Waals surface area contributed by atoms with Crippen molar-refractivity contribution in [3.05, 3.63) is 60.2 Å². The van der Waals surface area contributed by atoms with Crippen LogP contribution in [-0.2, 0) is 19.5 Å². The van der Waals surface area contributed by atoms with Gasteiger partial charge in [-0.3, -0.25) is 0 Å². The lowest BCUT2D eigenvalue weighted by Gasteiger charge is -2.34. The van der Waals surface area contributed by atoms with Crippen molar-refractivity contribution in [3.8, 4) is 5.75 Å². The second kappa shape index (κ2) is 9.39. The molecule has 3 rings (SSSR count). The standard InChI is InChI=1S/C21H25NO6S/c1-16-14-22(15-17(2)28-16)29(24,25)20-10-6-7-18(13-20)21(23)27-12-11-26-19-8-4-3-5-9-19/h3-10,13,16-17H,11-12,14-15H2,1-2H3/t16-,17-/m1/s1. The minimum absolute atomic E-state index is 0.0587. The topological polar surface area (TPSA) is 82.1 Å². The zero-order chi connectivity index (χ0) is 20.9. The molecule has 1 heterocycles. The average molecular weight is 419 g/mol. The Kier molecular flexibility index (Phi) is 6.89. The molecular formula is C21H25NO6S. The van der Waals surface area contributed by atoms with Gasteiger partial charge in [0.05, 0.1) is 22.7 Å². The molecule has 2 aromatic rings. The van der Waals surface area contributed by atoms with Crippen LogP contribution in [0.25, 0.3) is 0 Å². The highest BCUT2D eigenvalue weighted by Crippen LogP contribution is 2.22. The van der Waals surface area contributed by atoms with Crippen LogP contribution in [-0.4, -0.2) is 57.2 Å². The van der Waals surface area contributed by atoms with Crippen molar-refractivity contribution in [1.29, 1.82) is 0 Å². The molecule has 0 saturated carbocycles. The number of carbonyl (C=O) groups is 1. The SMILES string of the molecule is C[C@@H]1CN(S(=O)(=O)c2cccc(C(=O)OCCOc3ccccc3)c2)C[C@@H](C)O1. The number of hydrogen-bond donors (Lipinski definition) is 0. The highest BCUT2D eigenvalue weighted by atomic mass is 32.2. The van der Waals surface area contributed by atoms with E-state index in [9.17, 15) is 13.2 Å². The van der Waals surface area contributed by atoms with Gasteiger partial charge in [-0.15, -0.1) is 0 Å². The van der Waals surface area contributed by atoms with Gasteiger partial charge in [0.15, 0.2) is 0 Å². The number of benzene rings is 2. The summed E-state index contributed by atoms with van der Waals surface area (Å²) in [4.78, 5) is 12.4. The third-order valence-electron chi connectivity index (χ3n) is 4.42. The number of carbonyl (C=O) groups excluding carboxylic acids is 1. The summed E-state index contributed by atoms with van der Waals surface area (Å²) in [6.45, 7) is 4.49. The second-order valence-corrected chi connectivity index (χ2v) is 8.84. The summed E-state index contributed by atoms with van der Waals surface area (Å²) in [5.41, 5.74) is 0.181. The maximum absolute atomic E-state index is 13.0. The van der Waals surface area contributed by atoms with Crippen molar-refractivity contribution in [2.75, 3.05) is 26.3 Å². The molecule has 0 radical (unpaired) electrons. The fourth-order valence-electron chi connectivity index (χ4n) is 3.15. The van der Waals surface area contributed by atoms with Crippen molar-refractivity contribution in [3.63, 3.8) is 0 Å². The van der Waals surface area contributed by atoms with Crippen LogP contribution in [0, 0.1) is 0 Å². The van der Waals surface area contributed by atoms with E-state index in [0.29, 0.717) is 5.75 Å². The summed E-state index contributed by atoms with van der Waals surface area (Å²) in [5.74, 6) is 0.0908. The lowest BCUT2D eigenvalue weighted by atomic mass is 10.2. The predicted octanol–water partition coefficient (Wildman–Crippen LogP) is 2.72. The van der Waals surface area contributed by atoms with Crippen LogP contribution >= 0.6 is 0 Å². The maximum Gasteiger partial charge on any atom is 0.338 e. The number of ether oxygens (including phenoxy) is 3. The van der Waals surface area contributed by atoms with Gasteiger partial charge in [0.1, 0.15) is 19.0 Å². The molecule has 2 atom stereocenters. The van der Waals surface area contributed by atoms with Gasteiger partial charge in [-0.1, -0.05) is 24.3 Å². The molecule has 1 fully saturated rings. The molecule has 1 aliphatic rings. The van der Waals surface area contributed by atoms with Crippen molar-refractivity contribution in [1.82, 2.24) is 4.31 Å². The van der Waals surface area contributed by atoms with Gasteiger partial charge >= 0.3 is 5.97 Å². The number of para-hydroxylation sites is 1. The molecule has 156 valence electrons. The highest BCUT2D eigenvalue weighted by Gasteiger charge is 2.32. The first kappa shape index (κ1) is 21.3. The van der Waals surface area contributed by atoms with Gasteiger partial charge in [-0.25, -0.2) is 13.2 Å². The van der Waals surface area contributed by atoms with Crippen LogP contribution in [0.1, 0.15) is 24.2 Å². The molecule has 1 saturated heterocycles. The van der Waals surface area contributed by atoms with Crippen LogP contribution < -0.4 is 4.74 Å². The number of sulfonamides is 1. The van der Waals surface area contributed by atoms with Gasteiger partial charge in [0, 0.05) is 13.1 Å².